The molecule has 0 spiro atoms. The van der Waals surface area contributed by atoms with Crippen LogP contribution in [0, 0.1) is 5.92 Å². The number of nitrogens with zero attached hydrogens (tertiary/aromatic N) is 1. The van der Waals surface area contributed by atoms with Gasteiger partial charge in [0.25, 0.3) is 5.91 Å². The number of hydrogen-bond acceptors (Lipinski definition) is 4. The number of carbonyl (C=O) groups is 3. The molecular weight excluding hydrogens is 432 g/mol. The zero-order valence-corrected chi connectivity index (χ0v) is 18.2. The van der Waals surface area contributed by atoms with Crippen molar-refractivity contribution in [3.05, 3.63) is 53.6 Å². The molecule has 1 saturated carbocycles. The van der Waals surface area contributed by atoms with Crippen molar-refractivity contribution in [1.29, 1.82) is 0 Å². The normalized spacial score (nSPS) is 20.7. The second-order valence-electron chi connectivity index (χ2n) is 7.88. The summed E-state index contributed by atoms with van der Waals surface area (Å²) >= 11 is 5.87. The third-order valence-corrected chi connectivity index (χ3v) is 5.96. The number of halogens is 1. The first-order valence-electron chi connectivity index (χ1n) is 10.6. The zero-order valence-electron chi connectivity index (χ0n) is 17.5. The molecule has 1 aliphatic heterocycles. The minimum Gasteiger partial charge on any atom is -0.370 e. The lowest BCUT2D eigenvalue weighted by Gasteiger charge is -2.27. The lowest BCUT2D eigenvalue weighted by atomic mass is 10.0. The number of nitrogens with one attached hydrogen (secondary N) is 3. The largest absolute Gasteiger partial charge is 0.370 e. The maximum atomic E-state index is 12.9. The highest BCUT2D eigenvalue weighted by atomic mass is 35.5. The van der Waals surface area contributed by atoms with Gasteiger partial charge in [-0.05, 0) is 61.4 Å². The molecule has 8 nitrogen and oxygen atoms in total. The first kappa shape index (κ1) is 22.1. The van der Waals surface area contributed by atoms with Crippen LogP contribution in [0.25, 0.3) is 0 Å². The van der Waals surface area contributed by atoms with Gasteiger partial charge in [-0.3, -0.25) is 9.59 Å². The molecule has 0 aromatic heterocycles. The van der Waals surface area contributed by atoms with Gasteiger partial charge in [-0.25, -0.2) is 4.79 Å². The smallest absolute Gasteiger partial charge is 0.319 e. The van der Waals surface area contributed by atoms with Crippen LogP contribution in [0.1, 0.15) is 19.3 Å². The highest BCUT2D eigenvalue weighted by Gasteiger charge is 2.34. The van der Waals surface area contributed by atoms with E-state index >= 15 is 0 Å². The summed E-state index contributed by atoms with van der Waals surface area (Å²) in [6.45, 7) is 1.10. The molecule has 0 radical (unpaired) electrons. The van der Waals surface area contributed by atoms with Gasteiger partial charge in [-0.2, -0.15) is 0 Å². The Hall–Kier alpha value is -3.10. The van der Waals surface area contributed by atoms with Crippen LogP contribution in [-0.2, 0) is 14.3 Å². The van der Waals surface area contributed by atoms with Crippen molar-refractivity contribution in [2.45, 2.75) is 25.3 Å². The van der Waals surface area contributed by atoms with E-state index in [0.717, 1.165) is 18.5 Å². The maximum Gasteiger partial charge on any atom is 0.319 e. The van der Waals surface area contributed by atoms with E-state index in [9.17, 15) is 14.4 Å². The fourth-order valence-corrected chi connectivity index (χ4v) is 4.19. The summed E-state index contributed by atoms with van der Waals surface area (Å²) in [6.07, 6.45) is 2.31. The summed E-state index contributed by atoms with van der Waals surface area (Å²) in [7, 11) is 0. The molecule has 2 fully saturated rings. The van der Waals surface area contributed by atoms with Gasteiger partial charge in [0.2, 0.25) is 5.91 Å². The van der Waals surface area contributed by atoms with E-state index < -0.39 is 0 Å². The molecule has 2 aliphatic rings. The molecule has 2 unspecified atom stereocenters. The average Bonchev–Trinajstić information content (AvgIpc) is 3.24. The number of amides is 4. The first-order valence-corrected chi connectivity index (χ1v) is 11.0. The molecule has 4 rings (SSSR count). The van der Waals surface area contributed by atoms with E-state index in [1.165, 1.54) is 0 Å². The lowest BCUT2D eigenvalue weighted by Crippen LogP contribution is -2.43. The van der Waals surface area contributed by atoms with Crippen molar-refractivity contribution in [3.8, 4) is 0 Å². The number of hydrogen-bond donors (Lipinski definition) is 3. The van der Waals surface area contributed by atoms with Gasteiger partial charge in [0, 0.05) is 34.7 Å². The standard InChI is InChI=1S/C23H25ClN4O4/c24-15-4-6-17(7-5-15)26-23(31)27-20-3-1-2-19(20)22(30)25-16-8-10-18(11-9-16)28-12-13-32-14-21(28)29/h4-11,19-20H,1-3,12-14H2,(H,25,30)(H2,26,27,31). The number of rotatable bonds is 5. The summed E-state index contributed by atoms with van der Waals surface area (Å²) in [5.41, 5.74) is 2.05. The molecule has 2 aromatic carbocycles. The molecule has 0 bridgehead atoms. The van der Waals surface area contributed by atoms with Crippen LogP contribution in [0.3, 0.4) is 0 Å². The van der Waals surface area contributed by atoms with Crippen LogP contribution < -0.4 is 20.9 Å². The second-order valence-corrected chi connectivity index (χ2v) is 8.32. The molecule has 1 aliphatic carbocycles. The van der Waals surface area contributed by atoms with E-state index in [1.54, 1.807) is 41.3 Å². The number of benzene rings is 2. The summed E-state index contributed by atoms with van der Waals surface area (Å²) in [6, 6.07) is 13.4. The zero-order chi connectivity index (χ0) is 22.5. The van der Waals surface area contributed by atoms with E-state index in [4.69, 9.17) is 16.3 Å². The molecule has 3 N–H and O–H groups in total. The molecule has 4 amide bonds. The fraction of sp³-hybridized carbons (Fsp3) is 0.348. The average molecular weight is 457 g/mol. The van der Waals surface area contributed by atoms with Crippen LogP contribution in [0.15, 0.2) is 48.5 Å². The predicted octanol–water partition coefficient (Wildman–Crippen LogP) is 3.63. The number of urea groups is 1. The monoisotopic (exact) mass is 456 g/mol. The third kappa shape index (κ3) is 5.38. The molecule has 1 heterocycles. The SMILES string of the molecule is O=C(Nc1ccc(Cl)cc1)NC1CCCC1C(=O)Nc1ccc(N2CCOCC2=O)cc1. The summed E-state index contributed by atoms with van der Waals surface area (Å²) < 4.78 is 5.15. The van der Waals surface area contributed by atoms with E-state index in [1.807, 2.05) is 12.1 Å². The molecular formula is C23H25ClN4O4. The van der Waals surface area contributed by atoms with Crippen LogP contribution in [0.2, 0.25) is 5.02 Å². The van der Waals surface area contributed by atoms with Crippen molar-refractivity contribution >= 4 is 46.5 Å². The van der Waals surface area contributed by atoms with Crippen LogP contribution >= 0.6 is 11.6 Å². The molecule has 2 atom stereocenters. The minimum atomic E-state index is -0.350. The van der Waals surface area contributed by atoms with Gasteiger partial charge in [0.15, 0.2) is 0 Å². The molecule has 168 valence electrons. The van der Waals surface area contributed by atoms with Gasteiger partial charge in [0.1, 0.15) is 6.61 Å². The Labute approximate surface area is 191 Å². The van der Waals surface area contributed by atoms with Crippen LogP contribution in [0.4, 0.5) is 21.9 Å². The summed E-state index contributed by atoms with van der Waals surface area (Å²) in [4.78, 5) is 38.9. The van der Waals surface area contributed by atoms with Gasteiger partial charge < -0.3 is 25.6 Å². The molecule has 2 aromatic rings. The quantitative estimate of drug-likeness (QED) is 0.639. The minimum absolute atomic E-state index is 0.0789. The van der Waals surface area contributed by atoms with Crippen molar-refractivity contribution < 1.29 is 19.1 Å². The molecule has 1 saturated heterocycles. The Bertz CT molecular complexity index is 980. The maximum absolute atomic E-state index is 12.9. The van der Waals surface area contributed by atoms with Gasteiger partial charge in [0.05, 0.1) is 12.5 Å². The van der Waals surface area contributed by atoms with Gasteiger partial charge >= 0.3 is 6.03 Å². The van der Waals surface area contributed by atoms with E-state index in [2.05, 4.69) is 16.0 Å². The molecule has 32 heavy (non-hydrogen) atoms. The lowest BCUT2D eigenvalue weighted by molar-refractivity contribution is -0.125. The van der Waals surface area contributed by atoms with Crippen LogP contribution in [-0.4, -0.2) is 43.6 Å². The first-order chi connectivity index (χ1) is 15.5. The predicted molar refractivity (Wildman–Crippen MR) is 123 cm³/mol. The number of morpholine rings is 1. The third-order valence-electron chi connectivity index (χ3n) is 5.70. The summed E-state index contributed by atoms with van der Waals surface area (Å²) in [5, 5.41) is 9.20. The van der Waals surface area contributed by atoms with E-state index in [-0.39, 0.29) is 36.4 Å². The van der Waals surface area contributed by atoms with E-state index in [0.29, 0.717) is 36.0 Å². The Morgan fingerprint density at radius 1 is 0.969 bits per heavy atom. The van der Waals surface area contributed by atoms with Crippen molar-refractivity contribution in [2.75, 3.05) is 35.3 Å². The second kappa shape index (κ2) is 10.0. The number of anilines is 3. The van der Waals surface area contributed by atoms with Crippen molar-refractivity contribution in [3.63, 3.8) is 0 Å². The summed E-state index contributed by atoms with van der Waals surface area (Å²) in [5.74, 6) is -0.522. The fourth-order valence-electron chi connectivity index (χ4n) is 4.07. The Balaban J connectivity index is 1.32. The van der Waals surface area contributed by atoms with Crippen LogP contribution in [0.5, 0.6) is 0 Å². The topological polar surface area (TPSA) is 99.8 Å². The van der Waals surface area contributed by atoms with Gasteiger partial charge in [-0.15, -0.1) is 0 Å². The van der Waals surface area contributed by atoms with Crippen molar-refractivity contribution in [1.82, 2.24) is 5.32 Å². The number of ether oxygens (including phenoxy) is 1. The molecule has 9 heteroatoms. The Morgan fingerprint density at radius 3 is 2.38 bits per heavy atom. The van der Waals surface area contributed by atoms with Crippen molar-refractivity contribution in [2.24, 2.45) is 5.92 Å². The Morgan fingerprint density at radius 2 is 1.66 bits per heavy atom. The highest BCUT2D eigenvalue weighted by molar-refractivity contribution is 6.30. The van der Waals surface area contributed by atoms with Gasteiger partial charge in [-0.1, -0.05) is 18.0 Å². The number of carbonyl (C=O) groups excluding carboxylic acids is 3. The highest BCUT2D eigenvalue weighted by Crippen LogP contribution is 2.28. The Kier molecular flexibility index (Phi) is 6.92.